The molecule has 2 atom stereocenters. The zero-order chi connectivity index (χ0) is 14.8. The molecule has 1 heterocycles. The lowest BCUT2D eigenvalue weighted by Crippen LogP contribution is -2.47. The Balaban J connectivity index is 2.28. The minimum absolute atomic E-state index is 0.0332. The van der Waals surface area contributed by atoms with Gasteiger partial charge in [0, 0.05) is 18.4 Å². The van der Waals surface area contributed by atoms with E-state index in [4.69, 9.17) is 5.73 Å². The summed E-state index contributed by atoms with van der Waals surface area (Å²) in [5.41, 5.74) is 4.40. The largest absolute Gasteiger partial charge is 0.481 e. The first-order valence-corrected chi connectivity index (χ1v) is 6.56. The molecular weight excluding hydrogens is 260 g/mol. The second kappa shape index (κ2) is 5.44. The fourth-order valence-corrected chi connectivity index (χ4v) is 2.61. The quantitative estimate of drug-likeness (QED) is 0.756. The average Bonchev–Trinajstić information content (AvgIpc) is 2.41. The SMILES string of the molecule is CC1(C(=O)O)CCCCC1Nc1nccnc1C(N)=O. The van der Waals surface area contributed by atoms with Crippen LogP contribution in [0.2, 0.25) is 0 Å². The maximum atomic E-state index is 11.5. The van der Waals surface area contributed by atoms with Gasteiger partial charge in [0.1, 0.15) is 0 Å². The monoisotopic (exact) mass is 278 g/mol. The van der Waals surface area contributed by atoms with Gasteiger partial charge < -0.3 is 16.2 Å². The van der Waals surface area contributed by atoms with Gasteiger partial charge in [-0.2, -0.15) is 0 Å². The molecule has 1 fully saturated rings. The highest BCUT2D eigenvalue weighted by Crippen LogP contribution is 2.38. The van der Waals surface area contributed by atoms with E-state index in [-0.39, 0.29) is 17.6 Å². The van der Waals surface area contributed by atoms with E-state index in [9.17, 15) is 14.7 Å². The lowest BCUT2D eigenvalue weighted by atomic mass is 9.71. The van der Waals surface area contributed by atoms with Crippen molar-refractivity contribution in [2.75, 3.05) is 5.32 Å². The van der Waals surface area contributed by atoms with Crippen molar-refractivity contribution < 1.29 is 14.7 Å². The maximum Gasteiger partial charge on any atom is 0.311 e. The Labute approximate surface area is 116 Å². The summed E-state index contributed by atoms with van der Waals surface area (Å²) in [5.74, 6) is -1.29. The molecular formula is C13H18N4O3. The third-order valence-electron chi connectivity index (χ3n) is 3.94. The number of aliphatic carboxylic acids is 1. The van der Waals surface area contributed by atoms with E-state index in [1.807, 2.05) is 0 Å². The number of amides is 1. The Hall–Kier alpha value is -2.18. The number of nitrogens with zero attached hydrogens (tertiary/aromatic N) is 2. The van der Waals surface area contributed by atoms with E-state index in [0.29, 0.717) is 12.8 Å². The van der Waals surface area contributed by atoms with Crippen molar-refractivity contribution in [3.8, 4) is 0 Å². The summed E-state index contributed by atoms with van der Waals surface area (Å²) < 4.78 is 0. The average molecular weight is 278 g/mol. The van der Waals surface area contributed by atoms with Crippen LogP contribution >= 0.6 is 0 Å². The number of nitrogens with two attached hydrogens (primary N) is 1. The zero-order valence-corrected chi connectivity index (χ0v) is 11.3. The van der Waals surface area contributed by atoms with Crippen molar-refractivity contribution in [3.05, 3.63) is 18.1 Å². The molecule has 0 bridgehead atoms. The van der Waals surface area contributed by atoms with E-state index in [0.717, 1.165) is 12.8 Å². The van der Waals surface area contributed by atoms with E-state index in [1.54, 1.807) is 6.92 Å². The predicted octanol–water partition coefficient (Wildman–Crippen LogP) is 1.02. The van der Waals surface area contributed by atoms with E-state index < -0.39 is 17.3 Å². The van der Waals surface area contributed by atoms with Gasteiger partial charge in [-0.25, -0.2) is 9.97 Å². The van der Waals surface area contributed by atoms with Crippen LogP contribution in [0, 0.1) is 5.41 Å². The highest BCUT2D eigenvalue weighted by atomic mass is 16.4. The molecule has 0 spiro atoms. The molecule has 1 saturated carbocycles. The number of carbonyl (C=O) groups excluding carboxylic acids is 1. The molecule has 108 valence electrons. The molecule has 1 aromatic heterocycles. The van der Waals surface area contributed by atoms with Crippen LogP contribution in [0.25, 0.3) is 0 Å². The Morgan fingerprint density at radius 1 is 1.40 bits per heavy atom. The molecule has 7 nitrogen and oxygen atoms in total. The van der Waals surface area contributed by atoms with Crippen LogP contribution in [0.3, 0.4) is 0 Å². The van der Waals surface area contributed by atoms with E-state index in [1.165, 1.54) is 12.4 Å². The van der Waals surface area contributed by atoms with Crippen molar-refractivity contribution >= 4 is 17.7 Å². The molecule has 20 heavy (non-hydrogen) atoms. The van der Waals surface area contributed by atoms with Crippen molar-refractivity contribution in [1.82, 2.24) is 9.97 Å². The first-order valence-electron chi connectivity index (χ1n) is 6.56. The molecule has 1 aliphatic rings. The number of anilines is 1. The Morgan fingerprint density at radius 3 is 2.75 bits per heavy atom. The number of carbonyl (C=O) groups is 2. The highest BCUT2D eigenvalue weighted by Gasteiger charge is 2.43. The summed E-state index contributed by atoms with van der Waals surface area (Å²) in [6.07, 6.45) is 5.93. The predicted molar refractivity (Wildman–Crippen MR) is 72.2 cm³/mol. The smallest absolute Gasteiger partial charge is 0.311 e. The first kappa shape index (κ1) is 14.2. The van der Waals surface area contributed by atoms with Gasteiger partial charge in [-0.1, -0.05) is 12.8 Å². The van der Waals surface area contributed by atoms with Gasteiger partial charge in [0.25, 0.3) is 5.91 Å². The number of rotatable bonds is 4. The molecule has 0 aliphatic heterocycles. The number of nitrogens with one attached hydrogen (secondary N) is 1. The second-order valence-electron chi connectivity index (χ2n) is 5.28. The molecule has 4 N–H and O–H groups in total. The lowest BCUT2D eigenvalue weighted by molar-refractivity contribution is -0.150. The molecule has 0 aromatic carbocycles. The summed E-state index contributed by atoms with van der Waals surface area (Å²) in [4.78, 5) is 30.8. The zero-order valence-electron chi connectivity index (χ0n) is 11.3. The van der Waals surface area contributed by atoms with Gasteiger partial charge in [-0.15, -0.1) is 0 Å². The van der Waals surface area contributed by atoms with Crippen molar-refractivity contribution in [3.63, 3.8) is 0 Å². The number of carboxylic acid groups (broad SMARTS) is 1. The van der Waals surface area contributed by atoms with E-state index >= 15 is 0 Å². The normalized spacial score (nSPS) is 25.9. The summed E-state index contributed by atoms with van der Waals surface area (Å²) in [5, 5.41) is 12.5. The summed E-state index contributed by atoms with van der Waals surface area (Å²) >= 11 is 0. The van der Waals surface area contributed by atoms with Crippen LogP contribution in [-0.4, -0.2) is 33.0 Å². The van der Waals surface area contributed by atoms with Gasteiger partial charge in [0.05, 0.1) is 5.41 Å². The van der Waals surface area contributed by atoms with Crippen LogP contribution < -0.4 is 11.1 Å². The molecule has 1 aliphatic carbocycles. The minimum Gasteiger partial charge on any atom is -0.481 e. The Morgan fingerprint density at radius 2 is 2.10 bits per heavy atom. The number of hydrogen-bond acceptors (Lipinski definition) is 5. The fourth-order valence-electron chi connectivity index (χ4n) is 2.61. The van der Waals surface area contributed by atoms with Crippen LogP contribution in [0.15, 0.2) is 12.4 Å². The Bertz CT molecular complexity index is 534. The van der Waals surface area contributed by atoms with Gasteiger partial charge in [0.2, 0.25) is 0 Å². The number of hydrogen-bond donors (Lipinski definition) is 3. The van der Waals surface area contributed by atoms with Crippen LogP contribution in [0.4, 0.5) is 5.82 Å². The second-order valence-corrected chi connectivity index (χ2v) is 5.28. The molecule has 0 radical (unpaired) electrons. The summed E-state index contributed by atoms with van der Waals surface area (Å²) in [6.45, 7) is 1.71. The lowest BCUT2D eigenvalue weighted by Gasteiger charge is -2.38. The van der Waals surface area contributed by atoms with E-state index in [2.05, 4.69) is 15.3 Å². The minimum atomic E-state index is -0.884. The van der Waals surface area contributed by atoms with Crippen LogP contribution in [0.1, 0.15) is 43.1 Å². The van der Waals surface area contributed by atoms with Crippen molar-refractivity contribution in [2.24, 2.45) is 11.1 Å². The number of carboxylic acids is 1. The van der Waals surface area contributed by atoms with Crippen molar-refractivity contribution in [1.29, 1.82) is 0 Å². The topological polar surface area (TPSA) is 118 Å². The third kappa shape index (κ3) is 2.56. The molecule has 2 rings (SSSR count). The summed E-state index contributed by atoms with van der Waals surface area (Å²) in [6, 6.07) is -0.302. The molecule has 0 saturated heterocycles. The highest BCUT2D eigenvalue weighted by molar-refractivity contribution is 5.95. The summed E-state index contributed by atoms with van der Waals surface area (Å²) in [7, 11) is 0. The molecule has 1 amide bonds. The van der Waals surface area contributed by atoms with Gasteiger partial charge in [-0.3, -0.25) is 9.59 Å². The number of aromatic nitrogens is 2. The van der Waals surface area contributed by atoms with Gasteiger partial charge >= 0.3 is 5.97 Å². The molecule has 1 aromatic rings. The van der Waals surface area contributed by atoms with Gasteiger partial charge in [-0.05, 0) is 19.8 Å². The third-order valence-corrected chi connectivity index (χ3v) is 3.94. The Kier molecular flexibility index (Phi) is 3.87. The van der Waals surface area contributed by atoms with Crippen LogP contribution in [-0.2, 0) is 4.79 Å². The number of primary amides is 1. The molecule has 7 heteroatoms. The fraction of sp³-hybridized carbons (Fsp3) is 0.538. The van der Waals surface area contributed by atoms with Crippen molar-refractivity contribution in [2.45, 2.75) is 38.6 Å². The van der Waals surface area contributed by atoms with Gasteiger partial charge in [0.15, 0.2) is 11.5 Å². The standard InChI is InChI=1S/C13H18N4O3/c1-13(12(19)20)5-3-2-4-8(13)17-11-9(10(14)18)15-6-7-16-11/h6-8H,2-5H2,1H3,(H2,14,18)(H,16,17)(H,19,20). The molecule has 2 unspecified atom stereocenters. The maximum absolute atomic E-state index is 11.5. The van der Waals surface area contributed by atoms with Crippen LogP contribution in [0.5, 0.6) is 0 Å². The first-order chi connectivity index (χ1) is 9.45.